The molecule has 0 unspecified atom stereocenters. The zero-order valence-corrected chi connectivity index (χ0v) is 12.3. The Morgan fingerprint density at radius 2 is 2.05 bits per heavy atom. The molecule has 0 saturated heterocycles. The lowest BCUT2D eigenvalue weighted by Crippen LogP contribution is -2.08. The predicted octanol–water partition coefficient (Wildman–Crippen LogP) is 2.85. The molecule has 0 atom stereocenters. The summed E-state index contributed by atoms with van der Waals surface area (Å²) >= 11 is 1.67. The summed E-state index contributed by atoms with van der Waals surface area (Å²) in [7, 11) is 1.88. The first kappa shape index (κ1) is 13.7. The van der Waals surface area contributed by atoms with Crippen LogP contribution in [-0.2, 0) is 13.0 Å². The third-order valence-electron chi connectivity index (χ3n) is 2.76. The highest BCUT2D eigenvalue weighted by atomic mass is 32.1. The minimum Gasteiger partial charge on any atom is -0.373 e. The van der Waals surface area contributed by atoms with Gasteiger partial charge < -0.3 is 10.6 Å². The van der Waals surface area contributed by atoms with Gasteiger partial charge in [-0.1, -0.05) is 13.3 Å². The highest BCUT2D eigenvalue weighted by molar-refractivity contribution is 7.09. The monoisotopic (exact) mass is 277 g/mol. The van der Waals surface area contributed by atoms with Crippen molar-refractivity contribution in [2.24, 2.45) is 0 Å². The van der Waals surface area contributed by atoms with E-state index in [2.05, 4.69) is 37.9 Å². The molecule has 0 aliphatic heterocycles. The third-order valence-corrected chi connectivity index (χ3v) is 3.72. The first-order valence-corrected chi connectivity index (χ1v) is 7.29. The third kappa shape index (κ3) is 3.41. The van der Waals surface area contributed by atoms with Crippen molar-refractivity contribution >= 4 is 23.0 Å². The summed E-state index contributed by atoms with van der Waals surface area (Å²) in [4.78, 5) is 13.0. The van der Waals surface area contributed by atoms with Gasteiger partial charge in [-0.3, -0.25) is 0 Å². The molecule has 2 aromatic heterocycles. The van der Waals surface area contributed by atoms with Gasteiger partial charge >= 0.3 is 0 Å². The van der Waals surface area contributed by atoms with Gasteiger partial charge in [0.25, 0.3) is 0 Å². The maximum atomic E-state index is 4.44. The van der Waals surface area contributed by atoms with Gasteiger partial charge in [0.2, 0.25) is 0 Å². The van der Waals surface area contributed by atoms with Gasteiger partial charge in [-0.05, 0) is 13.3 Å². The summed E-state index contributed by atoms with van der Waals surface area (Å²) in [5.41, 5.74) is 2.20. The predicted molar refractivity (Wildman–Crippen MR) is 79.8 cm³/mol. The number of anilines is 2. The fraction of sp³-hybridized carbons (Fsp3) is 0.462. The molecule has 0 spiro atoms. The summed E-state index contributed by atoms with van der Waals surface area (Å²) in [6.45, 7) is 4.86. The molecule has 0 saturated carbocycles. The van der Waals surface area contributed by atoms with Crippen molar-refractivity contribution in [1.82, 2.24) is 15.0 Å². The van der Waals surface area contributed by atoms with Gasteiger partial charge in [-0.15, -0.1) is 11.3 Å². The fourth-order valence-corrected chi connectivity index (χ4v) is 2.62. The van der Waals surface area contributed by atoms with E-state index in [0.717, 1.165) is 40.7 Å². The molecule has 2 heterocycles. The largest absolute Gasteiger partial charge is 0.373 e. The Morgan fingerprint density at radius 3 is 2.68 bits per heavy atom. The molecular weight excluding hydrogens is 258 g/mol. The summed E-state index contributed by atoms with van der Waals surface area (Å²) in [5, 5.41) is 9.61. The summed E-state index contributed by atoms with van der Waals surface area (Å²) in [6, 6.07) is 0. The summed E-state index contributed by atoms with van der Waals surface area (Å²) < 4.78 is 0. The Bertz CT molecular complexity index is 538. The molecule has 0 aliphatic carbocycles. The van der Waals surface area contributed by atoms with E-state index in [0.29, 0.717) is 6.54 Å². The maximum Gasteiger partial charge on any atom is 0.135 e. The first-order chi connectivity index (χ1) is 9.24. The Hall–Kier alpha value is -1.69. The van der Waals surface area contributed by atoms with Gasteiger partial charge in [0.15, 0.2) is 0 Å². The van der Waals surface area contributed by atoms with Gasteiger partial charge in [0.05, 0.1) is 6.54 Å². The molecule has 0 radical (unpaired) electrons. The molecule has 5 nitrogen and oxygen atoms in total. The van der Waals surface area contributed by atoms with Crippen LogP contribution in [0.25, 0.3) is 0 Å². The molecule has 6 heteroatoms. The van der Waals surface area contributed by atoms with Crippen LogP contribution in [0.5, 0.6) is 0 Å². The molecule has 0 amide bonds. The van der Waals surface area contributed by atoms with Crippen LogP contribution < -0.4 is 10.6 Å². The number of aryl methyl sites for hydroxylation is 1. The average Bonchev–Trinajstić information content (AvgIpc) is 2.83. The van der Waals surface area contributed by atoms with Crippen molar-refractivity contribution in [3.8, 4) is 0 Å². The summed E-state index contributed by atoms with van der Waals surface area (Å²) in [5.74, 6) is 1.80. The summed E-state index contributed by atoms with van der Waals surface area (Å²) in [6.07, 6.45) is 3.60. The second kappa shape index (κ2) is 6.47. The fourth-order valence-electron chi connectivity index (χ4n) is 1.91. The normalized spacial score (nSPS) is 10.5. The number of rotatable bonds is 6. The minimum absolute atomic E-state index is 0.704. The highest BCUT2D eigenvalue weighted by Crippen LogP contribution is 2.22. The Morgan fingerprint density at radius 1 is 1.26 bits per heavy atom. The van der Waals surface area contributed by atoms with Crippen LogP contribution in [0, 0.1) is 6.92 Å². The lowest BCUT2D eigenvalue weighted by atomic mass is 10.1. The second-order valence-corrected chi connectivity index (χ2v) is 5.23. The van der Waals surface area contributed by atoms with Gasteiger partial charge in [0.1, 0.15) is 23.0 Å². The van der Waals surface area contributed by atoms with E-state index in [1.54, 1.807) is 17.7 Å². The lowest BCUT2D eigenvalue weighted by molar-refractivity contribution is 0.898. The van der Waals surface area contributed by atoms with Crippen molar-refractivity contribution in [3.63, 3.8) is 0 Å². The van der Waals surface area contributed by atoms with Crippen LogP contribution >= 0.6 is 11.3 Å². The Labute approximate surface area is 117 Å². The molecule has 2 aromatic rings. The topological polar surface area (TPSA) is 62.7 Å². The Balaban J connectivity index is 2.14. The second-order valence-electron chi connectivity index (χ2n) is 4.29. The van der Waals surface area contributed by atoms with Crippen LogP contribution in [0.4, 0.5) is 11.6 Å². The van der Waals surface area contributed by atoms with Crippen molar-refractivity contribution < 1.29 is 0 Å². The van der Waals surface area contributed by atoms with E-state index in [1.807, 2.05) is 14.0 Å². The number of aromatic nitrogens is 3. The van der Waals surface area contributed by atoms with Gasteiger partial charge in [0, 0.05) is 23.7 Å². The van der Waals surface area contributed by atoms with E-state index in [1.165, 1.54) is 0 Å². The maximum absolute atomic E-state index is 4.44. The van der Waals surface area contributed by atoms with E-state index >= 15 is 0 Å². The molecule has 2 rings (SSSR count). The quantitative estimate of drug-likeness (QED) is 0.850. The zero-order chi connectivity index (χ0) is 13.7. The highest BCUT2D eigenvalue weighted by Gasteiger charge is 2.10. The van der Waals surface area contributed by atoms with Crippen molar-refractivity contribution in [2.45, 2.75) is 33.2 Å². The minimum atomic E-state index is 0.704. The number of hydrogen-bond acceptors (Lipinski definition) is 6. The van der Waals surface area contributed by atoms with E-state index in [4.69, 9.17) is 0 Å². The molecule has 2 N–H and O–H groups in total. The van der Waals surface area contributed by atoms with Crippen LogP contribution in [0.2, 0.25) is 0 Å². The zero-order valence-electron chi connectivity index (χ0n) is 11.5. The van der Waals surface area contributed by atoms with Crippen molar-refractivity contribution in [2.75, 3.05) is 17.7 Å². The molecule has 19 heavy (non-hydrogen) atoms. The molecular formula is C13H19N5S. The van der Waals surface area contributed by atoms with Crippen LogP contribution in [0.15, 0.2) is 11.7 Å². The number of hydrogen-bond donors (Lipinski definition) is 2. The molecule has 0 aliphatic rings. The van der Waals surface area contributed by atoms with E-state index in [9.17, 15) is 0 Å². The molecule has 102 valence electrons. The van der Waals surface area contributed by atoms with Crippen LogP contribution in [0.3, 0.4) is 0 Å². The van der Waals surface area contributed by atoms with Crippen LogP contribution in [-0.4, -0.2) is 22.0 Å². The number of thiazole rings is 1. The van der Waals surface area contributed by atoms with E-state index in [-0.39, 0.29) is 0 Å². The lowest BCUT2D eigenvalue weighted by Gasteiger charge is -2.12. The van der Waals surface area contributed by atoms with Crippen molar-refractivity contribution in [1.29, 1.82) is 0 Å². The number of nitrogens with zero attached hydrogens (tertiary/aromatic N) is 3. The van der Waals surface area contributed by atoms with Crippen LogP contribution in [0.1, 0.15) is 29.6 Å². The standard InChI is InChI=1S/C13H19N5S/c1-4-5-10-12(14-3)16-8-17-13(10)15-6-11-18-9(2)7-19-11/h7-8H,4-6H2,1-3H3,(H2,14,15,16,17). The molecule has 0 aromatic carbocycles. The number of nitrogens with one attached hydrogen (secondary N) is 2. The SMILES string of the molecule is CCCc1c(NC)ncnc1NCc1nc(C)cs1. The smallest absolute Gasteiger partial charge is 0.135 e. The average molecular weight is 277 g/mol. The van der Waals surface area contributed by atoms with Gasteiger partial charge in [-0.2, -0.15) is 0 Å². The first-order valence-electron chi connectivity index (χ1n) is 6.41. The molecule has 0 fully saturated rings. The van der Waals surface area contributed by atoms with E-state index < -0.39 is 0 Å². The van der Waals surface area contributed by atoms with Gasteiger partial charge in [-0.25, -0.2) is 15.0 Å². The van der Waals surface area contributed by atoms with Crippen molar-refractivity contribution in [3.05, 3.63) is 28.0 Å². The molecule has 0 bridgehead atoms. The Kier molecular flexibility index (Phi) is 4.68.